The molecule has 112 valence electrons. The second kappa shape index (κ2) is 5.35. The van der Waals surface area contributed by atoms with E-state index in [1.54, 1.807) is 0 Å². The Morgan fingerprint density at radius 1 is 1.25 bits per heavy atom. The van der Waals surface area contributed by atoms with Crippen molar-refractivity contribution in [2.45, 2.75) is 51.2 Å². The van der Waals surface area contributed by atoms with E-state index < -0.39 is 23.6 Å². The molecule has 1 aliphatic carbocycles. The molecule has 2 N–H and O–H groups in total. The Kier molecular flexibility index (Phi) is 4.09. The smallest absolute Gasteiger partial charge is 0.323 e. The van der Waals surface area contributed by atoms with Gasteiger partial charge in [-0.25, -0.2) is 4.39 Å². The summed E-state index contributed by atoms with van der Waals surface area (Å²) in [6.45, 7) is 2.01. The van der Waals surface area contributed by atoms with E-state index in [4.69, 9.17) is 5.73 Å². The van der Waals surface area contributed by atoms with E-state index in [0.29, 0.717) is 5.56 Å². The molecule has 0 spiro atoms. The molecule has 1 saturated carbocycles. The van der Waals surface area contributed by atoms with Crippen LogP contribution in [0, 0.1) is 11.2 Å². The van der Waals surface area contributed by atoms with E-state index in [2.05, 4.69) is 0 Å². The lowest BCUT2D eigenvalue weighted by Gasteiger charge is -2.35. The average molecular weight is 289 g/mol. The van der Waals surface area contributed by atoms with Crippen LogP contribution < -0.4 is 5.73 Å². The van der Waals surface area contributed by atoms with Gasteiger partial charge in [-0.3, -0.25) is 0 Å². The van der Waals surface area contributed by atoms with Gasteiger partial charge in [0.05, 0.1) is 5.56 Å². The largest absolute Gasteiger partial charge is 0.419 e. The Bertz CT molecular complexity index is 475. The Labute approximate surface area is 116 Å². The quantitative estimate of drug-likeness (QED) is 0.794. The summed E-state index contributed by atoms with van der Waals surface area (Å²) in [6.07, 6.45) is 0.0816. The van der Waals surface area contributed by atoms with Crippen molar-refractivity contribution in [2.75, 3.05) is 0 Å². The maximum Gasteiger partial charge on any atom is 0.419 e. The van der Waals surface area contributed by atoms with Crippen molar-refractivity contribution < 1.29 is 17.6 Å². The molecule has 1 aromatic rings. The lowest BCUT2D eigenvalue weighted by molar-refractivity contribution is -0.140. The van der Waals surface area contributed by atoms with Gasteiger partial charge in [-0.1, -0.05) is 25.8 Å². The number of nitrogens with two attached hydrogens (primary N) is 1. The van der Waals surface area contributed by atoms with Crippen LogP contribution in [0.5, 0.6) is 0 Å². The number of hydrogen-bond donors (Lipinski definition) is 1. The first-order chi connectivity index (χ1) is 9.30. The SMILES string of the molecule is CCC1(C(N)c2ccc(F)c(C(F)(F)F)c2)CCCC1. The van der Waals surface area contributed by atoms with Crippen LogP contribution in [-0.2, 0) is 6.18 Å². The number of rotatable bonds is 3. The molecule has 0 aromatic heterocycles. The Morgan fingerprint density at radius 3 is 2.35 bits per heavy atom. The normalized spacial score (nSPS) is 20.1. The summed E-state index contributed by atoms with van der Waals surface area (Å²) < 4.78 is 51.6. The maximum absolute atomic E-state index is 13.3. The second-order valence-electron chi connectivity index (χ2n) is 5.64. The number of benzene rings is 1. The summed E-state index contributed by atoms with van der Waals surface area (Å²) in [5.74, 6) is -1.24. The highest BCUT2D eigenvalue weighted by Crippen LogP contribution is 2.49. The minimum atomic E-state index is -4.69. The first kappa shape index (κ1) is 15.3. The molecule has 2 rings (SSSR count). The monoisotopic (exact) mass is 289 g/mol. The minimum Gasteiger partial charge on any atom is -0.323 e. The highest BCUT2D eigenvalue weighted by atomic mass is 19.4. The van der Waals surface area contributed by atoms with Gasteiger partial charge in [0.2, 0.25) is 0 Å². The van der Waals surface area contributed by atoms with Gasteiger partial charge in [-0.05, 0) is 42.4 Å². The molecule has 1 aliphatic rings. The third-order valence-electron chi connectivity index (χ3n) is 4.62. The zero-order valence-corrected chi connectivity index (χ0v) is 11.4. The number of alkyl halides is 3. The maximum atomic E-state index is 13.3. The van der Waals surface area contributed by atoms with Crippen LogP contribution in [0.3, 0.4) is 0 Å². The van der Waals surface area contributed by atoms with Gasteiger partial charge < -0.3 is 5.73 Å². The van der Waals surface area contributed by atoms with Crippen molar-refractivity contribution >= 4 is 0 Å². The average Bonchev–Trinajstić information content (AvgIpc) is 2.87. The molecule has 1 nitrogen and oxygen atoms in total. The van der Waals surface area contributed by atoms with Gasteiger partial charge in [-0.15, -0.1) is 0 Å². The molecule has 0 radical (unpaired) electrons. The predicted octanol–water partition coefficient (Wildman–Crippen LogP) is 4.81. The molecular formula is C15H19F4N. The molecule has 0 heterocycles. The summed E-state index contributed by atoms with van der Waals surface area (Å²) in [7, 11) is 0. The fourth-order valence-electron chi connectivity index (χ4n) is 3.27. The summed E-state index contributed by atoms with van der Waals surface area (Å²) >= 11 is 0. The van der Waals surface area contributed by atoms with Crippen LogP contribution in [0.15, 0.2) is 18.2 Å². The molecule has 0 aliphatic heterocycles. The second-order valence-corrected chi connectivity index (χ2v) is 5.64. The topological polar surface area (TPSA) is 26.0 Å². The van der Waals surface area contributed by atoms with Gasteiger partial charge in [0.1, 0.15) is 5.82 Å². The number of hydrogen-bond acceptors (Lipinski definition) is 1. The van der Waals surface area contributed by atoms with Crippen molar-refractivity contribution in [1.29, 1.82) is 0 Å². The lowest BCUT2D eigenvalue weighted by atomic mass is 9.74. The van der Waals surface area contributed by atoms with Crippen LogP contribution in [0.25, 0.3) is 0 Å². The molecule has 1 fully saturated rings. The first-order valence-electron chi connectivity index (χ1n) is 6.92. The fraction of sp³-hybridized carbons (Fsp3) is 0.600. The van der Waals surface area contributed by atoms with Gasteiger partial charge in [0.25, 0.3) is 0 Å². The third kappa shape index (κ3) is 2.68. The molecule has 5 heteroatoms. The Hall–Kier alpha value is -1.10. The zero-order chi connectivity index (χ0) is 15.0. The molecule has 1 aromatic carbocycles. The third-order valence-corrected chi connectivity index (χ3v) is 4.62. The van der Waals surface area contributed by atoms with E-state index in [-0.39, 0.29) is 5.41 Å². The minimum absolute atomic E-state index is 0.152. The standard InChI is InChI=1S/C15H19F4N/c1-2-14(7-3-4-8-14)13(20)10-5-6-12(16)11(9-10)15(17,18)19/h5-6,9,13H,2-4,7-8,20H2,1H3. The fourth-order valence-corrected chi connectivity index (χ4v) is 3.27. The van der Waals surface area contributed by atoms with Crippen LogP contribution in [0.1, 0.15) is 56.2 Å². The van der Waals surface area contributed by atoms with Crippen LogP contribution in [-0.4, -0.2) is 0 Å². The van der Waals surface area contributed by atoms with E-state index in [9.17, 15) is 17.6 Å². The van der Waals surface area contributed by atoms with Crippen LogP contribution in [0.2, 0.25) is 0 Å². The van der Waals surface area contributed by atoms with E-state index in [0.717, 1.165) is 44.2 Å². The van der Waals surface area contributed by atoms with E-state index in [1.807, 2.05) is 6.92 Å². The molecule has 0 saturated heterocycles. The molecule has 20 heavy (non-hydrogen) atoms. The molecular weight excluding hydrogens is 270 g/mol. The summed E-state index contributed by atoms with van der Waals surface area (Å²) in [4.78, 5) is 0. The summed E-state index contributed by atoms with van der Waals surface area (Å²) in [5.41, 5.74) is 5.22. The van der Waals surface area contributed by atoms with Crippen molar-refractivity contribution in [3.8, 4) is 0 Å². The Morgan fingerprint density at radius 2 is 1.85 bits per heavy atom. The van der Waals surface area contributed by atoms with Gasteiger partial charge in [0, 0.05) is 6.04 Å². The van der Waals surface area contributed by atoms with Crippen LogP contribution in [0.4, 0.5) is 17.6 Å². The first-order valence-corrected chi connectivity index (χ1v) is 6.92. The van der Waals surface area contributed by atoms with Crippen molar-refractivity contribution in [2.24, 2.45) is 11.1 Å². The molecule has 0 bridgehead atoms. The van der Waals surface area contributed by atoms with Crippen molar-refractivity contribution in [1.82, 2.24) is 0 Å². The highest BCUT2D eigenvalue weighted by Gasteiger charge is 2.40. The van der Waals surface area contributed by atoms with Gasteiger partial charge in [-0.2, -0.15) is 13.2 Å². The number of halogens is 4. The predicted molar refractivity (Wildman–Crippen MR) is 69.5 cm³/mol. The summed E-state index contributed by atoms with van der Waals surface area (Å²) in [6, 6.07) is 2.65. The van der Waals surface area contributed by atoms with Gasteiger partial charge >= 0.3 is 6.18 Å². The molecule has 1 unspecified atom stereocenters. The Balaban J connectivity index is 2.38. The van der Waals surface area contributed by atoms with E-state index in [1.165, 1.54) is 6.07 Å². The van der Waals surface area contributed by atoms with Crippen LogP contribution >= 0.6 is 0 Å². The lowest BCUT2D eigenvalue weighted by Crippen LogP contribution is -2.32. The summed E-state index contributed by atoms with van der Waals surface area (Å²) in [5, 5.41) is 0. The van der Waals surface area contributed by atoms with Crippen molar-refractivity contribution in [3.05, 3.63) is 35.1 Å². The van der Waals surface area contributed by atoms with E-state index >= 15 is 0 Å². The zero-order valence-electron chi connectivity index (χ0n) is 11.4. The highest BCUT2D eigenvalue weighted by molar-refractivity contribution is 5.30. The van der Waals surface area contributed by atoms with Crippen molar-refractivity contribution in [3.63, 3.8) is 0 Å². The van der Waals surface area contributed by atoms with Gasteiger partial charge in [0.15, 0.2) is 0 Å². The molecule has 1 atom stereocenters. The molecule has 0 amide bonds.